The molecule has 0 aliphatic heterocycles. The highest BCUT2D eigenvalue weighted by molar-refractivity contribution is 6.36. The number of ether oxygens (including phenoxy) is 1. The van der Waals surface area contributed by atoms with Crippen molar-refractivity contribution in [1.29, 1.82) is 0 Å². The number of aromatic nitrogens is 2. The van der Waals surface area contributed by atoms with Gasteiger partial charge in [0, 0.05) is 11.6 Å². The summed E-state index contributed by atoms with van der Waals surface area (Å²) in [6.07, 6.45) is 1.67. The molecule has 0 aliphatic carbocycles. The number of benzene rings is 1. The van der Waals surface area contributed by atoms with Gasteiger partial charge in [-0.15, -0.1) is 0 Å². The average molecular weight is 272 g/mol. The van der Waals surface area contributed by atoms with E-state index in [4.69, 9.17) is 33.7 Å². The van der Waals surface area contributed by atoms with E-state index in [-0.39, 0.29) is 0 Å². The van der Waals surface area contributed by atoms with Gasteiger partial charge in [-0.05, 0) is 6.07 Å². The Balaban J connectivity index is 2.48. The van der Waals surface area contributed by atoms with Gasteiger partial charge < -0.3 is 15.5 Å². The fourth-order valence-electron chi connectivity index (χ4n) is 1.49. The Morgan fingerprint density at radius 2 is 2.12 bits per heavy atom. The monoisotopic (exact) mass is 271 g/mol. The molecule has 0 spiro atoms. The first-order chi connectivity index (χ1) is 8.15. The summed E-state index contributed by atoms with van der Waals surface area (Å²) in [5.41, 5.74) is 7.03. The molecule has 90 valence electrons. The molecule has 3 N–H and O–H groups in total. The van der Waals surface area contributed by atoms with Crippen molar-refractivity contribution in [2.24, 2.45) is 5.73 Å². The fourth-order valence-corrected chi connectivity index (χ4v) is 1.99. The van der Waals surface area contributed by atoms with Crippen molar-refractivity contribution in [2.75, 3.05) is 7.11 Å². The fraction of sp³-hybridized carbons (Fsp3) is 0.182. The molecule has 6 heteroatoms. The third-order valence-electron chi connectivity index (χ3n) is 2.35. The van der Waals surface area contributed by atoms with Crippen LogP contribution in [0.15, 0.2) is 18.3 Å². The SMILES string of the molecule is COc1cc(Cl)c(-c2cnc(CN)[nH]2)cc1Cl. The van der Waals surface area contributed by atoms with Crippen molar-refractivity contribution < 1.29 is 4.74 Å². The Morgan fingerprint density at radius 1 is 1.35 bits per heavy atom. The van der Waals surface area contributed by atoms with Gasteiger partial charge in [-0.1, -0.05) is 23.2 Å². The van der Waals surface area contributed by atoms with Crippen LogP contribution in [0.2, 0.25) is 10.0 Å². The minimum atomic E-state index is 0.349. The molecule has 0 saturated heterocycles. The molecule has 0 radical (unpaired) electrons. The summed E-state index contributed by atoms with van der Waals surface area (Å²) in [6.45, 7) is 0.349. The molecule has 0 amide bonds. The maximum absolute atomic E-state index is 6.15. The summed E-state index contributed by atoms with van der Waals surface area (Å²) < 4.78 is 5.08. The Hall–Kier alpha value is -1.23. The third-order valence-corrected chi connectivity index (χ3v) is 2.96. The van der Waals surface area contributed by atoms with Crippen LogP contribution in [0.5, 0.6) is 5.75 Å². The Morgan fingerprint density at radius 3 is 2.71 bits per heavy atom. The van der Waals surface area contributed by atoms with E-state index in [2.05, 4.69) is 9.97 Å². The van der Waals surface area contributed by atoms with Crippen LogP contribution < -0.4 is 10.5 Å². The van der Waals surface area contributed by atoms with Crippen molar-refractivity contribution in [3.8, 4) is 17.0 Å². The van der Waals surface area contributed by atoms with Gasteiger partial charge in [0.2, 0.25) is 0 Å². The number of halogens is 2. The number of rotatable bonds is 3. The van der Waals surface area contributed by atoms with Crippen molar-refractivity contribution >= 4 is 23.2 Å². The predicted molar refractivity (Wildman–Crippen MR) is 68.5 cm³/mol. The number of nitrogens with zero attached hydrogens (tertiary/aromatic N) is 1. The van der Waals surface area contributed by atoms with Crippen LogP contribution in [-0.2, 0) is 6.54 Å². The van der Waals surface area contributed by atoms with Gasteiger partial charge in [-0.25, -0.2) is 4.98 Å². The Kier molecular flexibility index (Phi) is 3.57. The summed E-state index contributed by atoms with van der Waals surface area (Å²) in [6, 6.07) is 3.40. The first-order valence-electron chi connectivity index (χ1n) is 4.93. The maximum atomic E-state index is 6.15. The minimum Gasteiger partial charge on any atom is -0.495 e. The molecule has 4 nitrogen and oxygen atoms in total. The summed E-state index contributed by atoms with van der Waals surface area (Å²) in [5, 5.41) is 1.04. The topological polar surface area (TPSA) is 63.9 Å². The number of hydrogen-bond donors (Lipinski definition) is 2. The normalized spacial score (nSPS) is 10.6. The minimum absolute atomic E-state index is 0.349. The van der Waals surface area contributed by atoms with Crippen LogP contribution in [-0.4, -0.2) is 17.1 Å². The highest BCUT2D eigenvalue weighted by Crippen LogP contribution is 2.35. The molecule has 1 aromatic heterocycles. The lowest BCUT2D eigenvalue weighted by molar-refractivity contribution is 0.415. The van der Waals surface area contributed by atoms with E-state index in [9.17, 15) is 0 Å². The number of hydrogen-bond acceptors (Lipinski definition) is 3. The lowest BCUT2D eigenvalue weighted by atomic mass is 10.1. The summed E-state index contributed by atoms with van der Waals surface area (Å²) >= 11 is 12.2. The maximum Gasteiger partial charge on any atom is 0.138 e. The van der Waals surface area contributed by atoms with E-state index < -0.39 is 0 Å². The van der Waals surface area contributed by atoms with Crippen LogP contribution in [0, 0.1) is 0 Å². The Labute approximate surface area is 109 Å². The number of methoxy groups -OCH3 is 1. The molecular weight excluding hydrogens is 261 g/mol. The van der Waals surface area contributed by atoms with E-state index >= 15 is 0 Å². The molecule has 2 aromatic rings. The van der Waals surface area contributed by atoms with Gasteiger partial charge in [-0.3, -0.25) is 0 Å². The lowest BCUT2D eigenvalue weighted by Crippen LogP contribution is -1.97. The molecular formula is C11H11Cl2N3O. The summed E-state index contributed by atoms with van der Waals surface area (Å²) in [4.78, 5) is 7.18. The number of H-pyrrole nitrogens is 1. The first-order valence-corrected chi connectivity index (χ1v) is 5.68. The largest absolute Gasteiger partial charge is 0.495 e. The van der Waals surface area contributed by atoms with E-state index in [1.54, 1.807) is 25.4 Å². The second-order valence-electron chi connectivity index (χ2n) is 3.41. The molecule has 0 atom stereocenters. The Bertz CT molecular complexity index is 540. The van der Waals surface area contributed by atoms with Gasteiger partial charge >= 0.3 is 0 Å². The van der Waals surface area contributed by atoms with E-state index in [1.165, 1.54) is 0 Å². The lowest BCUT2D eigenvalue weighted by Gasteiger charge is -2.07. The van der Waals surface area contributed by atoms with Gasteiger partial charge in [0.05, 0.1) is 35.6 Å². The molecule has 2 rings (SSSR count). The smallest absolute Gasteiger partial charge is 0.138 e. The molecule has 17 heavy (non-hydrogen) atoms. The van der Waals surface area contributed by atoms with Crippen LogP contribution in [0.4, 0.5) is 0 Å². The second-order valence-corrected chi connectivity index (χ2v) is 4.23. The predicted octanol–water partition coefficient (Wildman–Crippen LogP) is 2.85. The zero-order valence-corrected chi connectivity index (χ0v) is 10.6. The molecule has 0 fully saturated rings. The van der Waals surface area contributed by atoms with Gasteiger partial charge in [0.15, 0.2) is 0 Å². The molecule has 0 saturated carbocycles. The zero-order chi connectivity index (χ0) is 12.4. The molecule has 0 aliphatic rings. The molecule has 0 unspecified atom stereocenters. The third kappa shape index (κ3) is 2.39. The van der Waals surface area contributed by atoms with Crippen LogP contribution in [0.3, 0.4) is 0 Å². The first kappa shape index (κ1) is 12.2. The van der Waals surface area contributed by atoms with E-state index in [1.807, 2.05) is 0 Å². The standard InChI is InChI=1S/C11H11Cl2N3O/c1-17-10-3-7(12)6(2-8(10)13)9-5-15-11(4-14)16-9/h2-3,5H,4,14H2,1H3,(H,15,16). The quantitative estimate of drug-likeness (QED) is 0.903. The summed E-state index contributed by atoms with van der Waals surface area (Å²) in [5.74, 6) is 1.24. The number of nitrogens with one attached hydrogen (secondary N) is 1. The highest BCUT2D eigenvalue weighted by Gasteiger charge is 2.11. The zero-order valence-electron chi connectivity index (χ0n) is 9.13. The van der Waals surface area contributed by atoms with E-state index in [0.29, 0.717) is 28.2 Å². The highest BCUT2D eigenvalue weighted by atomic mass is 35.5. The van der Waals surface area contributed by atoms with Crippen molar-refractivity contribution in [1.82, 2.24) is 9.97 Å². The van der Waals surface area contributed by atoms with Gasteiger partial charge in [0.25, 0.3) is 0 Å². The van der Waals surface area contributed by atoms with Crippen LogP contribution in [0.25, 0.3) is 11.3 Å². The number of imidazole rings is 1. The van der Waals surface area contributed by atoms with Gasteiger partial charge in [-0.2, -0.15) is 0 Å². The second kappa shape index (κ2) is 4.96. The van der Waals surface area contributed by atoms with Crippen LogP contribution in [0.1, 0.15) is 5.82 Å². The van der Waals surface area contributed by atoms with Crippen molar-refractivity contribution in [2.45, 2.75) is 6.54 Å². The van der Waals surface area contributed by atoms with Crippen molar-refractivity contribution in [3.63, 3.8) is 0 Å². The molecule has 0 bridgehead atoms. The van der Waals surface area contributed by atoms with Crippen LogP contribution >= 0.6 is 23.2 Å². The average Bonchev–Trinajstić information content (AvgIpc) is 2.80. The summed E-state index contributed by atoms with van der Waals surface area (Å²) in [7, 11) is 1.54. The number of aromatic amines is 1. The molecule has 1 heterocycles. The number of nitrogens with two attached hydrogens (primary N) is 1. The van der Waals surface area contributed by atoms with E-state index in [0.717, 1.165) is 11.3 Å². The van der Waals surface area contributed by atoms with Crippen molar-refractivity contribution in [3.05, 3.63) is 34.2 Å². The van der Waals surface area contributed by atoms with Gasteiger partial charge in [0.1, 0.15) is 11.6 Å². The molecule has 1 aromatic carbocycles.